The Labute approximate surface area is 140 Å². The van der Waals surface area contributed by atoms with Crippen LogP contribution < -0.4 is 4.74 Å². The number of benzene rings is 2. The van der Waals surface area contributed by atoms with E-state index in [0.717, 1.165) is 17.7 Å². The van der Waals surface area contributed by atoms with Crippen LogP contribution in [0.5, 0.6) is 5.75 Å². The number of likely N-dealkylation sites (tertiary alicyclic amines) is 1. The highest BCUT2D eigenvalue weighted by atomic mass is 16.5. The van der Waals surface area contributed by atoms with Gasteiger partial charge in [-0.05, 0) is 29.8 Å². The van der Waals surface area contributed by atoms with Gasteiger partial charge >= 0.3 is 5.97 Å². The first-order valence-corrected chi connectivity index (χ1v) is 7.93. The predicted molar refractivity (Wildman–Crippen MR) is 89.2 cm³/mol. The molecular weight excluding hydrogens is 306 g/mol. The van der Waals surface area contributed by atoms with Crippen LogP contribution in [-0.4, -0.2) is 41.1 Å². The van der Waals surface area contributed by atoms with E-state index in [4.69, 9.17) is 9.84 Å². The van der Waals surface area contributed by atoms with Gasteiger partial charge in [0.05, 0.1) is 18.5 Å². The fourth-order valence-corrected chi connectivity index (χ4v) is 2.79. The van der Waals surface area contributed by atoms with Gasteiger partial charge < -0.3 is 14.7 Å². The standard InChI is InChI=1S/C19H19NO4/c21-18(12-14-6-8-15(9-7-14)19(22)23)20-11-10-17(13-20)24-16-4-2-1-3-5-16/h1-9,17H,10-13H2,(H,22,23)/t17-/m1/s1. The molecule has 0 spiro atoms. The van der Waals surface area contributed by atoms with E-state index < -0.39 is 5.97 Å². The Hall–Kier alpha value is -2.82. The van der Waals surface area contributed by atoms with Gasteiger partial charge in [0.25, 0.3) is 0 Å². The molecule has 1 amide bonds. The highest BCUT2D eigenvalue weighted by molar-refractivity contribution is 5.87. The molecule has 1 atom stereocenters. The lowest BCUT2D eigenvalue weighted by Gasteiger charge is -2.17. The highest BCUT2D eigenvalue weighted by Gasteiger charge is 2.27. The number of carbonyl (C=O) groups is 2. The van der Waals surface area contributed by atoms with Crippen molar-refractivity contribution in [2.45, 2.75) is 18.9 Å². The van der Waals surface area contributed by atoms with E-state index in [1.165, 1.54) is 12.1 Å². The SMILES string of the molecule is O=C(O)c1ccc(CC(=O)N2CC[C@@H](Oc3ccccc3)C2)cc1. The van der Waals surface area contributed by atoms with E-state index in [0.29, 0.717) is 13.1 Å². The molecule has 1 aliphatic rings. The number of amides is 1. The lowest BCUT2D eigenvalue weighted by Crippen LogP contribution is -2.32. The van der Waals surface area contributed by atoms with Crippen molar-refractivity contribution in [2.75, 3.05) is 13.1 Å². The second kappa shape index (κ2) is 7.17. The molecule has 5 nitrogen and oxygen atoms in total. The molecule has 0 aliphatic carbocycles. The zero-order valence-electron chi connectivity index (χ0n) is 13.2. The van der Waals surface area contributed by atoms with Gasteiger partial charge in [-0.3, -0.25) is 4.79 Å². The first-order chi connectivity index (χ1) is 11.6. The molecule has 1 heterocycles. The second-order valence-electron chi connectivity index (χ2n) is 5.86. The zero-order valence-corrected chi connectivity index (χ0v) is 13.2. The van der Waals surface area contributed by atoms with Gasteiger partial charge in [0, 0.05) is 13.0 Å². The van der Waals surface area contributed by atoms with Crippen LogP contribution in [0.1, 0.15) is 22.3 Å². The van der Waals surface area contributed by atoms with Crippen molar-refractivity contribution in [3.05, 3.63) is 65.7 Å². The molecule has 1 N–H and O–H groups in total. The third-order valence-corrected chi connectivity index (χ3v) is 4.10. The van der Waals surface area contributed by atoms with E-state index in [2.05, 4.69) is 0 Å². The number of nitrogens with zero attached hydrogens (tertiary/aromatic N) is 1. The Kier molecular flexibility index (Phi) is 4.79. The van der Waals surface area contributed by atoms with Crippen LogP contribution >= 0.6 is 0 Å². The van der Waals surface area contributed by atoms with Gasteiger partial charge in [-0.1, -0.05) is 30.3 Å². The van der Waals surface area contributed by atoms with Crippen LogP contribution in [-0.2, 0) is 11.2 Å². The summed E-state index contributed by atoms with van der Waals surface area (Å²) >= 11 is 0. The van der Waals surface area contributed by atoms with Crippen molar-refractivity contribution in [1.82, 2.24) is 4.90 Å². The number of hydrogen-bond acceptors (Lipinski definition) is 3. The Bertz CT molecular complexity index is 712. The molecule has 1 fully saturated rings. The second-order valence-corrected chi connectivity index (χ2v) is 5.86. The maximum Gasteiger partial charge on any atom is 0.335 e. The number of para-hydroxylation sites is 1. The maximum atomic E-state index is 12.4. The van der Waals surface area contributed by atoms with Crippen molar-refractivity contribution in [3.8, 4) is 5.75 Å². The highest BCUT2D eigenvalue weighted by Crippen LogP contribution is 2.19. The summed E-state index contributed by atoms with van der Waals surface area (Å²) in [4.78, 5) is 25.0. The number of carboxylic acid groups (broad SMARTS) is 1. The molecule has 1 aliphatic heterocycles. The maximum absolute atomic E-state index is 12.4. The number of carbonyl (C=O) groups excluding carboxylic acids is 1. The zero-order chi connectivity index (χ0) is 16.9. The summed E-state index contributed by atoms with van der Waals surface area (Å²) in [5.41, 5.74) is 1.04. The number of carboxylic acids is 1. The normalized spacial score (nSPS) is 16.8. The van der Waals surface area contributed by atoms with Gasteiger partial charge in [-0.2, -0.15) is 0 Å². The molecule has 3 rings (SSSR count). The molecular formula is C19H19NO4. The van der Waals surface area contributed by atoms with Gasteiger partial charge in [0.2, 0.25) is 5.91 Å². The number of rotatable bonds is 5. The fraction of sp³-hybridized carbons (Fsp3) is 0.263. The number of hydrogen-bond donors (Lipinski definition) is 1. The van der Waals surface area contributed by atoms with Gasteiger partial charge in [0.1, 0.15) is 11.9 Å². The first kappa shape index (κ1) is 16.1. The van der Waals surface area contributed by atoms with Crippen molar-refractivity contribution in [3.63, 3.8) is 0 Å². The van der Waals surface area contributed by atoms with Crippen molar-refractivity contribution < 1.29 is 19.4 Å². The average Bonchev–Trinajstić information content (AvgIpc) is 3.05. The molecule has 0 bridgehead atoms. The summed E-state index contributed by atoms with van der Waals surface area (Å²) in [5, 5.41) is 8.89. The van der Waals surface area contributed by atoms with E-state index in [9.17, 15) is 9.59 Å². The van der Waals surface area contributed by atoms with Crippen molar-refractivity contribution in [1.29, 1.82) is 0 Å². The molecule has 124 valence electrons. The topological polar surface area (TPSA) is 66.8 Å². The molecule has 0 radical (unpaired) electrons. The minimum atomic E-state index is -0.965. The summed E-state index contributed by atoms with van der Waals surface area (Å²) < 4.78 is 5.89. The molecule has 0 unspecified atom stereocenters. The number of ether oxygens (including phenoxy) is 1. The third-order valence-electron chi connectivity index (χ3n) is 4.10. The summed E-state index contributed by atoms with van der Waals surface area (Å²) in [6, 6.07) is 16.0. The number of aromatic carboxylic acids is 1. The van der Waals surface area contributed by atoms with E-state index in [1.54, 1.807) is 17.0 Å². The predicted octanol–water partition coefficient (Wildman–Crippen LogP) is 2.61. The largest absolute Gasteiger partial charge is 0.489 e. The fourth-order valence-electron chi connectivity index (χ4n) is 2.79. The monoisotopic (exact) mass is 325 g/mol. The smallest absolute Gasteiger partial charge is 0.335 e. The Morgan fingerprint density at radius 1 is 1.08 bits per heavy atom. The summed E-state index contributed by atoms with van der Waals surface area (Å²) in [7, 11) is 0. The molecule has 0 aromatic heterocycles. The molecule has 5 heteroatoms. The lowest BCUT2D eigenvalue weighted by atomic mass is 10.1. The quantitative estimate of drug-likeness (QED) is 0.917. The van der Waals surface area contributed by atoms with E-state index in [1.807, 2.05) is 30.3 Å². The van der Waals surface area contributed by atoms with Crippen LogP contribution in [0.25, 0.3) is 0 Å². The van der Waals surface area contributed by atoms with Gasteiger partial charge in [-0.25, -0.2) is 4.79 Å². The third kappa shape index (κ3) is 3.93. The van der Waals surface area contributed by atoms with Gasteiger partial charge in [0.15, 0.2) is 0 Å². The Morgan fingerprint density at radius 3 is 2.46 bits per heavy atom. The van der Waals surface area contributed by atoms with Crippen LogP contribution in [0.2, 0.25) is 0 Å². The van der Waals surface area contributed by atoms with E-state index in [-0.39, 0.29) is 24.0 Å². The molecule has 2 aromatic rings. The molecule has 1 saturated heterocycles. The Balaban J connectivity index is 1.53. The molecule has 2 aromatic carbocycles. The molecule has 24 heavy (non-hydrogen) atoms. The first-order valence-electron chi connectivity index (χ1n) is 7.93. The Morgan fingerprint density at radius 2 is 1.79 bits per heavy atom. The van der Waals surface area contributed by atoms with E-state index >= 15 is 0 Å². The minimum Gasteiger partial charge on any atom is -0.489 e. The summed E-state index contributed by atoms with van der Waals surface area (Å²) in [5.74, 6) is -0.105. The average molecular weight is 325 g/mol. The lowest BCUT2D eigenvalue weighted by molar-refractivity contribution is -0.129. The van der Waals surface area contributed by atoms with Crippen LogP contribution in [0.15, 0.2) is 54.6 Å². The minimum absolute atomic E-state index is 0.0192. The van der Waals surface area contributed by atoms with Crippen LogP contribution in [0.4, 0.5) is 0 Å². The van der Waals surface area contributed by atoms with Crippen molar-refractivity contribution >= 4 is 11.9 Å². The molecule has 0 saturated carbocycles. The van der Waals surface area contributed by atoms with Gasteiger partial charge in [-0.15, -0.1) is 0 Å². The van der Waals surface area contributed by atoms with Crippen molar-refractivity contribution in [2.24, 2.45) is 0 Å². The van der Waals surface area contributed by atoms with Crippen LogP contribution in [0, 0.1) is 0 Å². The van der Waals surface area contributed by atoms with Crippen LogP contribution in [0.3, 0.4) is 0 Å². The summed E-state index contributed by atoms with van der Waals surface area (Å²) in [6.07, 6.45) is 1.11. The summed E-state index contributed by atoms with van der Waals surface area (Å²) in [6.45, 7) is 1.27.